The smallest absolute Gasteiger partial charge is 0.0406 e. The first-order valence-corrected chi connectivity index (χ1v) is 6.97. The second-order valence-electron chi connectivity index (χ2n) is 5.03. The van der Waals surface area contributed by atoms with E-state index in [-0.39, 0.29) is 0 Å². The molecule has 0 fully saturated rings. The van der Waals surface area contributed by atoms with Gasteiger partial charge < -0.3 is 5.32 Å². The van der Waals surface area contributed by atoms with Crippen molar-refractivity contribution in [2.75, 3.05) is 7.05 Å². The molecule has 0 radical (unpaired) electrons. The molecule has 1 unspecified atom stereocenters. The first-order valence-electron chi connectivity index (χ1n) is 6.59. The van der Waals surface area contributed by atoms with E-state index in [2.05, 4.69) is 49.5 Å². The van der Waals surface area contributed by atoms with Crippen molar-refractivity contribution in [1.29, 1.82) is 0 Å². The highest BCUT2D eigenvalue weighted by Crippen LogP contribution is 2.23. The minimum atomic E-state index is 0.334. The molecule has 0 saturated carbocycles. The number of aryl methyl sites for hydroxylation is 2. The zero-order valence-electron chi connectivity index (χ0n) is 11.7. The molecule has 1 atom stereocenters. The number of rotatable bonds is 4. The quantitative estimate of drug-likeness (QED) is 0.867. The number of nitrogens with one attached hydrogen (secondary N) is 1. The molecule has 19 heavy (non-hydrogen) atoms. The van der Waals surface area contributed by atoms with Crippen LogP contribution in [0.15, 0.2) is 42.5 Å². The van der Waals surface area contributed by atoms with Crippen molar-refractivity contribution < 1.29 is 0 Å². The maximum atomic E-state index is 5.93. The standard InChI is InChI=1S/C17H20ClN/c1-12-4-5-13(2)16(10-12)17(19-3)11-14-6-8-15(18)9-7-14/h4-10,17,19H,11H2,1-3H3. The summed E-state index contributed by atoms with van der Waals surface area (Å²) in [4.78, 5) is 0. The van der Waals surface area contributed by atoms with Crippen molar-refractivity contribution in [1.82, 2.24) is 5.32 Å². The lowest BCUT2D eigenvalue weighted by molar-refractivity contribution is 0.588. The summed E-state index contributed by atoms with van der Waals surface area (Å²) in [6, 6.07) is 15.0. The van der Waals surface area contributed by atoms with Gasteiger partial charge in [-0.3, -0.25) is 0 Å². The largest absolute Gasteiger partial charge is 0.313 e. The van der Waals surface area contributed by atoms with Crippen LogP contribution in [0.4, 0.5) is 0 Å². The van der Waals surface area contributed by atoms with Crippen LogP contribution >= 0.6 is 11.6 Å². The van der Waals surface area contributed by atoms with Crippen molar-refractivity contribution in [3.05, 3.63) is 69.7 Å². The molecule has 0 bridgehead atoms. The molecule has 0 aromatic heterocycles. The molecule has 2 aromatic carbocycles. The second kappa shape index (κ2) is 6.23. The van der Waals surface area contributed by atoms with Crippen LogP contribution in [0.5, 0.6) is 0 Å². The van der Waals surface area contributed by atoms with Gasteiger partial charge in [-0.15, -0.1) is 0 Å². The third kappa shape index (κ3) is 3.59. The van der Waals surface area contributed by atoms with Crippen LogP contribution in [0, 0.1) is 13.8 Å². The molecule has 1 N–H and O–H groups in total. The fraction of sp³-hybridized carbons (Fsp3) is 0.294. The zero-order chi connectivity index (χ0) is 13.8. The summed E-state index contributed by atoms with van der Waals surface area (Å²) in [6.45, 7) is 4.30. The highest BCUT2D eigenvalue weighted by molar-refractivity contribution is 6.30. The normalized spacial score (nSPS) is 12.4. The SMILES string of the molecule is CNC(Cc1ccc(Cl)cc1)c1cc(C)ccc1C. The average Bonchev–Trinajstić information content (AvgIpc) is 2.41. The summed E-state index contributed by atoms with van der Waals surface area (Å²) < 4.78 is 0. The molecule has 2 aromatic rings. The van der Waals surface area contributed by atoms with Crippen LogP contribution in [-0.2, 0) is 6.42 Å². The molecule has 0 aliphatic carbocycles. The van der Waals surface area contributed by atoms with Gasteiger partial charge in [0.2, 0.25) is 0 Å². The van der Waals surface area contributed by atoms with E-state index in [9.17, 15) is 0 Å². The lowest BCUT2D eigenvalue weighted by Crippen LogP contribution is -2.20. The fourth-order valence-corrected chi connectivity index (χ4v) is 2.49. The van der Waals surface area contributed by atoms with Crippen LogP contribution < -0.4 is 5.32 Å². The first kappa shape index (κ1) is 14.1. The van der Waals surface area contributed by atoms with Gasteiger partial charge in [0.25, 0.3) is 0 Å². The maximum absolute atomic E-state index is 5.93. The Morgan fingerprint density at radius 2 is 1.74 bits per heavy atom. The number of likely N-dealkylation sites (N-methyl/N-ethyl adjacent to an activating group) is 1. The Hall–Kier alpha value is -1.31. The molecular formula is C17H20ClN. The van der Waals surface area contributed by atoms with E-state index in [1.165, 1.54) is 22.3 Å². The van der Waals surface area contributed by atoms with E-state index in [1.807, 2.05) is 19.2 Å². The lowest BCUT2D eigenvalue weighted by atomic mass is 9.94. The second-order valence-corrected chi connectivity index (χ2v) is 5.47. The molecule has 0 spiro atoms. The van der Waals surface area contributed by atoms with E-state index in [4.69, 9.17) is 11.6 Å². The van der Waals surface area contributed by atoms with Crippen LogP contribution in [-0.4, -0.2) is 7.05 Å². The summed E-state index contributed by atoms with van der Waals surface area (Å²) in [5.41, 5.74) is 5.30. The Morgan fingerprint density at radius 1 is 1.05 bits per heavy atom. The predicted molar refractivity (Wildman–Crippen MR) is 82.9 cm³/mol. The van der Waals surface area contributed by atoms with Crippen molar-refractivity contribution in [2.45, 2.75) is 26.3 Å². The van der Waals surface area contributed by atoms with Gasteiger partial charge in [0.1, 0.15) is 0 Å². The van der Waals surface area contributed by atoms with Crippen molar-refractivity contribution >= 4 is 11.6 Å². The predicted octanol–water partition coefficient (Wildman–Crippen LogP) is 4.46. The minimum absolute atomic E-state index is 0.334. The number of hydrogen-bond donors (Lipinski definition) is 1. The summed E-state index contributed by atoms with van der Waals surface area (Å²) >= 11 is 5.93. The number of hydrogen-bond acceptors (Lipinski definition) is 1. The Labute approximate surface area is 120 Å². The minimum Gasteiger partial charge on any atom is -0.313 e. The topological polar surface area (TPSA) is 12.0 Å². The summed E-state index contributed by atoms with van der Waals surface area (Å²) in [5, 5.41) is 4.20. The summed E-state index contributed by atoms with van der Waals surface area (Å²) in [7, 11) is 2.02. The van der Waals surface area contributed by atoms with E-state index < -0.39 is 0 Å². The first-order chi connectivity index (χ1) is 9.10. The molecule has 0 aliphatic heterocycles. The van der Waals surface area contributed by atoms with Crippen molar-refractivity contribution in [3.63, 3.8) is 0 Å². The molecule has 0 aliphatic rings. The van der Waals surface area contributed by atoms with Gasteiger partial charge in [0, 0.05) is 11.1 Å². The van der Waals surface area contributed by atoms with Crippen LogP contribution in [0.1, 0.15) is 28.3 Å². The Morgan fingerprint density at radius 3 is 2.37 bits per heavy atom. The third-order valence-corrected chi connectivity index (χ3v) is 3.76. The summed E-state index contributed by atoms with van der Waals surface area (Å²) in [6.07, 6.45) is 0.970. The van der Waals surface area contributed by atoms with Gasteiger partial charge >= 0.3 is 0 Å². The van der Waals surface area contributed by atoms with Crippen molar-refractivity contribution in [3.8, 4) is 0 Å². The van der Waals surface area contributed by atoms with Crippen LogP contribution in [0.25, 0.3) is 0 Å². The lowest BCUT2D eigenvalue weighted by Gasteiger charge is -2.19. The third-order valence-electron chi connectivity index (χ3n) is 3.51. The summed E-state index contributed by atoms with van der Waals surface area (Å²) in [5.74, 6) is 0. The van der Waals surface area contributed by atoms with Crippen molar-refractivity contribution in [2.24, 2.45) is 0 Å². The molecule has 0 heterocycles. The molecule has 0 saturated heterocycles. The van der Waals surface area contributed by atoms with Gasteiger partial charge in [0.15, 0.2) is 0 Å². The maximum Gasteiger partial charge on any atom is 0.0406 e. The number of halogens is 1. The van der Waals surface area contributed by atoms with Crippen LogP contribution in [0.2, 0.25) is 5.02 Å². The highest BCUT2D eigenvalue weighted by Gasteiger charge is 2.12. The van der Waals surface area contributed by atoms with Gasteiger partial charge in [-0.05, 0) is 56.1 Å². The Balaban J connectivity index is 2.24. The number of benzene rings is 2. The molecular weight excluding hydrogens is 254 g/mol. The van der Waals surface area contributed by atoms with E-state index in [0.29, 0.717) is 6.04 Å². The van der Waals surface area contributed by atoms with E-state index >= 15 is 0 Å². The Kier molecular flexibility index (Phi) is 4.62. The fourth-order valence-electron chi connectivity index (χ4n) is 2.36. The van der Waals surface area contributed by atoms with E-state index in [1.54, 1.807) is 0 Å². The molecule has 1 nitrogen and oxygen atoms in total. The van der Waals surface area contributed by atoms with Gasteiger partial charge in [-0.2, -0.15) is 0 Å². The van der Waals surface area contributed by atoms with Gasteiger partial charge in [0.05, 0.1) is 0 Å². The molecule has 0 amide bonds. The van der Waals surface area contributed by atoms with Gasteiger partial charge in [-0.1, -0.05) is 47.5 Å². The Bertz CT molecular complexity index is 546. The zero-order valence-corrected chi connectivity index (χ0v) is 12.5. The monoisotopic (exact) mass is 273 g/mol. The average molecular weight is 274 g/mol. The van der Waals surface area contributed by atoms with Gasteiger partial charge in [-0.25, -0.2) is 0 Å². The molecule has 2 heteroatoms. The van der Waals surface area contributed by atoms with E-state index in [0.717, 1.165) is 11.4 Å². The highest BCUT2D eigenvalue weighted by atomic mass is 35.5. The van der Waals surface area contributed by atoms with Crippen LogP contribution in [0.3, 0.4) is 0 Å². The molecule has 2 rings (SSSR count). The molecule has 100 valence electrons.